The topological polar surface area (TPSA) is 72.4 Å². The minimum Gasteiger partial charge on any atom is -0.493 e. The van der Waals surface area contributed by atoms with Crippen LogP contribution in [0, 0.1) is 0 Å². The quantitative estimate of drug-likeness (QED) is 0.596. The average molecular weight is 321 g/mol. The molecule has 0 atom stereocenters. The molecule has 1 heterocycles. The molecule has 0 unspecified atom stereocenters. The van der Waals surface area contributed by atoms with Gasteiger partial charge in [0.2, 0.25) is 0 Å². The largest absolute Gasteiger partial charge is 0.493 e. The summed E-state index contributed by atoms with van der Waals surface area (Å²) in [5.74, 6) is 1.18. The maximum atomic E-state index is 11.8. The van der Waals surface area contributed by atoms with Crippen LogP contribution >= 0.6 is 0 Å². The number of amides is 1. The van der Waals surface area contributed by atoms with Gasteiger partial charge in [-0.3, -0.25) is 9.69 Å². The summed E-state index contributed by atoms with van der Waals surface area (Å²) < 4.78 is 16.0. The van der Waals surface area contributed by atoms with Crippen LogP contribution < -0.4 is 14.9 Å². The number of nitrogens with zero attached hydrogens (tertiary/aromatic N) is 2. The van der Waals surface area contributed by atoms with Crippen molar-refractivity contribution in [2.75, 3.05) is 46.6 Å². The van der Waals surface area contributed by atoms with E-state index in [0.717, 1.165) is 18.7 Å². The molecule has 126 valence electrons. The normalized spacial score (nSPS) is 15.6. The number of methoxy groups -OCH3 is 1. The van der Waals surface area contributed by atoms with E-state index >= 15 is 0 Å². The van der Waals surface area contributed by atoms with Crippen LogP contribution in [0.15, 0.2) is 23.3 Å². The Morgan fingerprint density at radius 3 is 2.87 bits per heavy atom. The lowest BCUT2D eigenvalue weighted by molar-refractivity contribution is -0.123. The molecular weight excluding hydrogens is 298 g/mol. The number of hydrogen-bond acceptors (Lipinski definition) is 6. The van der Waals surface area contributed by atoms with Crippen LogP contribution in [0.25, 0.3) is 0 Å². The second-order valence-corrected chi connectivity index (χ2v) is 5.03. The summed E-state index contributed by atoms with van der Waals surface area (Å²) in [6, 6.07) is 5.48. The van der Waals surface area contributed by atoms with Crippen molar-refractivity contribution in [3.63, 3.8) is 0 Å². The van der Waals surface area contributed by atoms with Crippen LogP contribution in [0.4, 0.5) is 0 Å². The molecule has 1 N–H and O–H groups in total. The van der Waals surface area contributed by atoms with Gasteiger partial charge in [-0.15, -0.1) is 0 Å². The van der Waals surface area contributed by atoms with Gasteiger partial charge in [0.05, 0.1) is 39.7 Å². The van der Waals surface area contributed by atoms with Crippen molar-refractivity contribution in [1.82, 2.24) is 10.3 Å². The van der Waals surface area contributed by atoms with Gasteiger partial charge in [0, 0.05) is 13.1 Å². The van der Waals surface area contributed by atoms with Crippen LogP contribution in [0.5, 0.6) is 11.5 Å². The van der Waals surface area contributed by atoms with Crippen molar-refractivity contribution >= 4 is 12.1 Å². The van der Waals surface area contributed by atoms with Crippen molar-refractivity contribution < 1.29 is 19.0 Å². The summed E-state index contributed by atoms with van der Waals surface area (Å²) in [6.07, 6.45) is 1.58. The standard InChI is InChI=1S/C16H23N3O4/c1-3-23-14-5-4-13(10-15(14)21-2)11-17-18-16(20)12-19-6-8-22-9-7-19/h4-5,10-11H,3,6-9,12H2,1-2H3,(H,18,20)/b17-11+. The van der Waals surface area contributed by atoms with E-state index in [2.05, 4.69) is 10.5 Å². The van der Waals surface area contributed by atoms with Gasteiger partial charge in [-0.25, -0.2) is 5.43 Å². The second kappa shape index (κ2) is 9.12. The Morgan fingerprint density at radius 1 is 1.39 bits per heavy atom. The Hall–Kier alpha value is -2.12. The molecule has 0 aliphatic carbocycles. The zero-order valence-electron chi connectivity index (χ0n) is 13.6. The average Bonchev–Trinajstić information content (AvgIpc) is 2.57. The summed E-state index contributed by atoms with van der Waals surface area (Å²) >= 11 is 0. The fraction of sp³-hybridized carbons (Fsp3) is 0.500. The fourth-order valence-corrected chi connectivity index (χ4v) is 2.22. The summed E-state index contributed by atoms with van der Waals surface area (Å²) in [5, 5.41) is 3.98. The number of benzene rings is 1. The lowest BCUT2D eigenvalue weighted by atomic mass is 10.2. The molecule has 2 rings (SSSR count). The van der Waals surface area contributed by atoms with Gasteiger partial charge in [-0.2, -0.15) is 5.10 Å². The van der Waals surface area contributed by atoms with Crippen LogP contribution in [0.3, 0.4) is 0 Å². The van der Waals surface area contributed by atoms with Crippen LogP contribution in [-0.4, -0.2) is 63.6 Å². The minimum absolute atomic E-state index is 0.138. The maximum Gasteiger partial charge on any atom is 0.254 e. The third-order valence-corrected chi connectivity index (χ3v) is 3.36. The SMILES string of the molecule is CCOc1ccc(/C=N/NC(=O)CN2CCOCC2)cc1OC. The summed E-state index contributed by atoms with van der Waals surface area (Å²) in [7, 11) is 1.59. The Balaban J connectivity index is 1.85. The predicted molar refractivity (Wildman–Crippen MR) is 87.2 cm³/mol. The maximum absolute atomic E-state index is 11.8. The third-order valence-electron chi connectivity index (χ3n) is 3.36. The highest BCUT2D eigenvalue weighted by atomic mass is 16.5. The Bertz CT molecular complexity index is 542. The number of morpholine rings is 1. The van der Waals surface area contributed by atoms with Crippen molar-refractivity contribution in [1.29, 1.82) is 0 Å². The van der Waals surface area contributed by atoms with Gasteiger partial charge in [0.15, 0.2) is 11.5 Å². The predicted octanol–water partition coefficient (Wildman–Crippen LogP) is 0.876. The number of ether oxygens (including phenoxy) is 3. The summed E-state index contributed by atoms with van der Waals surface area (Å²) in [6.45, 7) is 5.69. The monoisotopic (exact) mass is 321 g/mol. The Kier molecular flexibility index (Phi) is 6.83. The van der Waals surface area contributed by atoms with Gasteiger partial charge in [0.1, 0.15) is 0 Å². The van der Waals surface area contributed by atoms with Gasteiger partial charge in [-0.1, -0.05) is 0 Å². The zero-order chi connectivity index (χ0) is 16.5. The first-order valence-electron chi connectivity index (χ1n) is 7.65. The van der Waals surface area contributed by atoms with E-state index in [9.17, 15) is 4.79 Å². The van der Waals surface area contributed by atoms with E-state index in [1.54, 1.807) is 13.3 Å². The number of carbonyl (C=O) groups is 1. The lowest BCUT2D eigenvalue weighted by Crippen LogP contribution is -2.42. The smallest absolute Gasteiger partial charge is 0.254 e. The minimum atomic E-state index is -0.138. The summed E-state index contributed by atoms with van der Waals surface area (Å²) in [5.41, 5.74) is 3.35. The van der Waals surface area contributed by atoms with Gasteiger partial charge in [0.25, 0.3) is 5.91 Å². The highest BCUT2D eigenvalue weighted by Gasteiger charge is 2.13. The molecule has 1 aromatic rings. The highest BCUT2D eigenvalue weighted by Crippen LogP contribution is 2.27. The van der Waals surface area contributed by atoms with Crippen molar-refractivity contribution in [2.45, 2.75) is 6.92 Å². The van der Waals surface area contributed by atoms with E-state index in [-0.39, 0.29) is 5.91 Å². The van der Waals surface area contributed by atoms with E-state index in [1.807, 2.05) is 30.0 Å². The molecule has 0 aromatic heterocycles. The van der Waals surface area contributed by atoms with Gasteiger partial charge < -0.3 is 14.2 Å². The molecule has 0 radical (unpaired) electrons. The molecule has 1 aliphatic heterocycles. The number of hydrogen-bond donors (Lipinski definition) is 1. The molecule has 0 spiro atoms. The Labute approximate surface area is 136 Å². The highest BCUT2D eigenvalue weighted by molar-refractivity contribution is 5.83. The van der Waals surface area contributed by atoms with Gasteiger partial charge >= 0.3 is 0 Å². The van der Waals surface area contributed by atoms with Crippen molar-refractivity contribution in [3.05, 3.63) is 23.8 Å². The molecule has 23 heavy (non-hydrogen) atoms. The molecule has 1 aromatic carbocycles. The molecule has 7 heteroatoms. The first-order valence-corrected chi connectivity index (χ1v) is 7.65. The van der Waals surface area contributed by atoms with Gasteiger partial charge in [-0.05, 0) is 30.7 Å². The summed E-state index contributed by atoms with van der Waals surface area (Å²) in [4.78, 5) is 13.8. The zero-order valence-corrected chi connectivity index (χ0v) is 13.6. The first-order chi connectivity index (χ1) is 11.2. The number of rotatable bonds is 7. The van der Waals surface area contributed by atoms with E-state index in [0.29, 0.717) is 37.9 Å². The molecule has 1 amide bonds. The molecule has 1 fully saturated rings. The first kappa shape index (κ1) is 17.2. The molecule has 0 saturated carbocycles. The molecule has 0 bridgehead atoms. The number of carbonyl (C=O) groups excluding carboxylic acids is 1. The second-order valence-electron chi connectivity index (χ2n) is 5.03. The van der Waals surface area contributed by atoms with E-state index in [1.165, 1.54) is 0 Å². The van der Waals surface area contributed by atoms with E-state index < -0.39 is 0 Å². The van der Waals surface area contributed by atoms with Crippen molar-refractivity contribution in [3.8, 4) is 11.5 Å². The lowest BCUT2D eigenvalue weighted by Gasteiger charge is -2.25. The molecule has 7 nitrogen and oxygen atoms in total. The fourth-order valence-electron chi connectivity index (χ4n) is 2.22. The Morgan fingerprint density at radius 2 is 2.17 bits per heavy atom. The molecular formula is C16H23N3O4. The number of nitrogens with one attached hydrogen (secondary N) is 1. The third kappa shape index (κ3) is 5.54. The number of hydrazone groups is 1. The van der Waals surface area contributed by atoms with Crippen LogP contribution in [0.1, 0.15) is 12.5 Å². The molecule has 1 saturated heterocycles. The van der Waals surface area contributed by atoms with Crippen molar-refractivity contribution in [2.24, 2.45) is 5.10 Å². The molecule has 1 aliphatic rings. The van der Waals surface area contributed by atoms with E-state index in [4.69, 9.17) is 14.2 Å². The van der Waals surface area contributed by atoms with Crippen LogP contribution in [0.2, 0.25) is 0 Å². The van der Waals surface area contributed by atoms with Crippen LogP contribution in [-0.2, 0) is 9.53 Å².